The number of rotatable bonds is 7. The highest BCUT2D eigenvalue weighted by molar-refractivity contribution is 6.08. The van der Waals surface area contributed by atoms with E-state index in [1.807, 2.05) is 6.08 Å². The maximum atomic E-state index is 14.9. The van der Waals surface area contributed by atoms with Gasteiger partial charge >= 0.3 is 0 Å². The fraction of sp³-hybridized carbons (Fsp3) is 0.259. The van der Waals surface area contributed by atoms with Gasteiger partial charge in [0, 0.05) is 22.6 Å². The molecule has 0 bridgehead atoms. The zero-order valence-electron chi connectivity index (χ0n) is 18.2. The van der Waals surface area contributed by atoms with Crippen LogP contribution < -0.4 is 0 Å². The minimum atomic E-state index is -0.945. The van der Waals surface area contributed by atoms with Gasteiger partial charge in [-0.15, -0.1) is 6.58 Å². The lowest BCUT2D eigenvalue weighted by molar-refractivity contribution is -0.205. The summed E-state index contributed by atoms with van der Waals surface area (Å²) in [6.45, 7) is 4.85. The monoisotopic (exact) mass is 448 g/mol. The summed E-state index contributed by atoms with van der Waals surface area (Å²) >= 11 is 0. The Bertz CT molecular complexity index is 1120. The van der Waals surface area contributed by atoms with E-state index in [1.165, 1.54) is 18.2 Å². The summed E-state index contributed by atoms with van der Waals surface area (Å²) < 4.78 is 55.0. The summed E-state index contributed by atoms with van der Waals surface area (Å²) in [6.07, 6.45) is 3.06. The molecule has 1 saturated heterocycles. The van der Waals surface area contributed by atoms with Gasteiger partial charge in [0.1, 0.15) is 5.82 Å². The van der Waals surface area contributed by atoms with E-state index in [0.29, 0.717) is 41.4 Å². The summed E-state index contributed by atoms with van der Waals surface area (Å²) in [5.41, 5.74) is 2.38. The first-order valence-corrected chi connectivity index (χ1v) is 10.9. The Labute approximate surface area is 193 Å². The Hall–Kier alpha value is -2.83. The van der Waals surface area contributed by atoms with Crippen LogP contribution in [-0.2, 0) is 15.8 Å². The lowest BCUT2D eigenvalue weighted by Gasteiger charge is -2.29. The Morgan fingerprint density at radius 3 is 2.12 bits per heavy atom. The van der Waals surface area contributed by atoms with Crippen LogP contribution >= 0.6 is 0 Å². The van der Waals surface area contributed by atoms with Gasteiger partial charge in [-0.3, -0.25) is 0 Å². The van der Waals surface area contributed by atoms with E-state index in [2.05, 4.69) is 6.58 Å². The quantitative estimate of drug-likeness (QED) is 0.295. The second-order valence-corrected chi connectivity index (χ2v) is 8.15. The number of ether oxygens (including phenoxy) is 2. The van der Waals surface area contributed by atoms with Crippen molar-refractivity contribution in [1.29, 1.82) is 0 Å². The molecule has 3 aromatic rings. The summed E-state index contributed by atoms with van der Waals surface area (Å²) in [6, 6.07) is 14.5. The lowest BCUT2D eigenvalue weighted by Crippen LogP contribution is -2.27. The predicted molar refractivity (Wildman–Crippen MR) is 124 cm³/mol. The third-order valence-corrected chi connectivity index (χ3v) is 5.90. The van der Waals surface area contributed by atoms with Gasteiger partial charge in [0.15, 0.2) is 17.9 Å². The normalized spacial score (nSPS) is 18.3. The summed E-state index contributed by atoms with van der Waals surface area (Å²) in [7, 11) is 5.43. The van der Waals surface area contributed by atoms with Gasteiger partial charge in [-0.1, -0.05) is 60.9 Å². The van der Waals surface area contributed by atoms with Crippen molar-refractivity contribution in [3.63, 3.8) is 0 Å². The SMILES string of the molecule is [B]Cc1ccc(-c2ccc(-c3ccc(C4OCC(CCC=C)CO4)cc3F)cc2)c(F)c1F. The first-order valence-electron chi connectivity index (χ1n) is 10.9. The molecule has 2 radical (unpaired) electrons. The lowest BCUT2D eigenvalue weighted by atomic mass is 9.93. The molecule has 2 nitrogen and oxygen atoms in total. The molecule has 0 aromatic heterocycles. The zero-order valence-corrected chi connectivity index (χ0v) is 18.2. The molecule has 0 aliphatic carbocycles. The van der Waals surface area contributed by atoms with Crippen molar-refractivity contribution in [1.82, 2.24) is 0 Å². The second kappa shape index (κ2) is 10.4. The highest BCUT2D eigenvalue weighted by Crippen LogP contribution is 2.33. The average molecular weight is 448 g/mol. The van der Waals surface area contributed by atoms with Gasteiger partial charge in [-0.25, -0.2) is 13.2 Å². The van der Waals surface area contributed by atoms with Crippen molar-refractivity contribution in [2.24, 2.45) is 5.92 Å². The first-order chi connectivity index (χ1) is 16.0. The second-order valence-electron chi connectivity index (χ2n) is 8.15. The van der Waals surface area contributed by atoms with Crippen molar-refractivity contribution < 1.29 is 22.6 Å². The minimum Gasteiger partial charge on any atom is -0.348 e. The van der Waals surface area contributed by atoms with E-state index < -0.39 is 23.7 Å². The van der Waals surface area contributed by atoms with Crippen LogP contribution in [0.5, 0.6) is 0 Å². The van der Waals surface area contributed by atoms with Crippen LogP contribution in [0.3, 0.4) is 0 Å². The van der Waals surface area contributed by atoms with Crippen LogP contribution in [0.25, 0.3) is 22.3 Å². The number of hydrogen-bond acceptors (Lipinski definition) is 2. The molecule has 0 atom stereocenters. The van der Waals surface area contributed by atoms with E-state index in [1.54, 1.807) is 36.4 Å². The molecule has 0 unspecified atom stereocenters. The molecule has 168 valence electrons. The fourth-order valence-corrected chi connectivity index (χ4v) is 3.97. The van der Waals surface area contributed by atoms with Crippen LogP contribution in [0.4, 0.5) is 13.2 Å². The number of hydrogen-bond donors (Lipinski definition) is 0. The number of halogens is 3. The largest absolute Gasteiger partial charge is 0.348 e. The minimum absolute atomic E-state index is 0.0793. The van der Waals surface area contributed by atoms with Gasteiger partial charge in [-0.2, -0.15) is 0 Å². The highest BCUT2D eigenvalue weighted by atomic mass is 19.2. The molecular formula is C27H24BF3O2. The smallest absolute Gasteiger partial charge is 0.183 e. The topological polar surface area (TPSA) is 18.5 Å². The molecule has 1 aliphatic rings. The van der Waals surface area contributed by atoms with Crippen LogP contribution in [0.1, 0.15) is 30.3 Å². The average Bonchev–Trinajstić information content (AvgIpc) is 2.85. The van der Waals surface area contributed by atoms with Gasteiger partial charge in [0.05, 0.1) is 21.1 Å². The molecule has 1 fully saturated rings. The third-order valence-electron chi connectivity index (χ3n) is 5.90. The maximum Gasteiger partial charge on any atom is 0.183 e. The molecule has 0 spiro atoms. The molecule has 6 heteroatoms. The molecule has 33 heavy (non-hydrogen) atoms. The maximum absolute atomic E-state index is 14.9. The Kier molecular flexibility index (Phi) is 7.36. The van der Waals surface area contributed by atoms with Gasteiger partial charge < -0.3 is 9.47 Å². The van der Waals surface area contributed by atoms with E-state index >= 15 is 0 Å². The van der Waals surface area contributed by atoms with E-state index in [0.717, 1.165) is 12.8 Å². The van der Waals surface area contributed by atoms with Crippen LogP contribution in [0.2, 0.25) is 0 Å². The van der Waals surface area contributed by atoms with Crippen molar-refractivity contribution in [2.45, 2.75) is 25.5 Å². The van der Waals surface area contributed by atoms with Crippen molar-refractivity contribution >= 4 is 7.85 Å². The van der Waals surface area contributed by atoms with Gasteiger partial charge in [0.2, 0.25) is 0 Å². The zero-order chi connectivity index (χ0) is 23.4. The summed E-state index contributed by atoms with van der Waals surface area (Å²) in [4.78, 5) is 0. The van der Waals surface area contributed by atoms with Crippen molar-refractivity contribution in [3.05, 3.63) is 95.8 Å². The molecule has 1 heterocycles. The van der Waals surface area contributed by atoms with E-state index in [-0.39, 0.29) is 17.4 Å². The molecule has 0 amide bonds. The Morgan fingerprint density at radius 2 is 1.52 bits per heavy atom. The standard InChI is InChI=1S/C27H24BF3O2/c1-2-3-4-17-15-32-27(33-16-17)20-9-11-22(24(29)13-20)18-5-7-19(8-6-18)23-12-10-21(14-28)25(30)26(23)31/h2,5-13,17,27H,1,3-4,14-16H2. The van der Waals surface area contributed by atoms with Gasteiger partial charge in [0.25, 0.3) is 0 Å². The van der Waals surface area contributed by atoms with Crippen LogP contribution in [0.15, 0.2) is 67.3 Å². The fourth-order valence-electron chi connectivity index (χ4n) is 3.97. The highest BCUT2D eigenvalue weighted by Gasteiger charge is 2.24. The van der Waals surface area contributed by atoms with Gasteiger partial charge in [-0.05, 0) is 35.6 Å². The predicted octanol–water partition coefficient (Wildman–Crippen LogP) is 6.73. The molecule has 4 rings (SSSR count). The molecular weight excluding hydrogens is 424 g/mol. The molecule has 3 aromatic carbocycles. The van der Waals surface area contributed by atoms with Crippen LogP contribution in [0, 0.1) is 23.4 Å². The van der Waals surface area contributed by atoms with E-state index in [9.17, 15) is 13.2 Å². The van der Waals surface area contributed by atoms with Crippen LogP contribution in [-0.4, -0.2) is 21.1 Å². The first kappa shape index (κ1) is 23.3. The Morgan fingerprint density at radius 1 is 0.879 bits per heavy atom. The molecule has 0 saturated carbocycles. The number of benzene rings is 3. The third kappa shape index (κ3) is 5.07. The van der Waals surface area contributed by atoms with E-state index in [4.69, 9.17) is 17.3 Å². The summed E-state index contributed by atoms with van der Waals surface area (Å²) in [5, 5.41) is 0. The molecule has 1 aliphatic heterocycles. The Balaban J connectivity index is 1.49. The summed E-state index contributed by atoms with van der Waals surface area (Å²) in [5.74, 6) is -1.99. The van der Waals surface area contributed by atoms with Crippen molar-refractivity contribution in [3.8, 4) is 22.3 Å². The number of allylic oxidation sites excluding steroid dienone is 1. The van der Waals surface area contributed by atoms with Crippen molar-refractivity contribution in [2.75, 3.05) is 13.2 Å². The molecule has 0 N–H and O–H groups in total.